The minimum absolute atomic E-state index is 0.128. The molecule has 2 fully saturated rings. The predicted molar refractivity (Wildman–Crippen MR) is 73.2 cm³/mol. The van der Waals surface area contributed by atoms with E-state index in [4.69, 9.17) is 4.74 Å². The van der Waals surface area contributed by atoms with E-state index in [0.29, 0.717) is 17.3 Å². The first-order chi connectivity index (χ1) is 8.24. The first-order valence-electron chi connectivity index (χ1n) is 7.44. The third kappa shape index (κ3) is 2.44. The largest absolute Gasteiger partial charge is 0.459 e. The van der Waals surface area contributed by atoms with Gasteiger partial charge in [0.1, 0.15) is 5.60 Å². The molecule has 0 bridgehead atoms. The maximum absolute atomic E-state index is 11.4. The minimum Gasteiger partial charge on any atom is -0.459 e. The lowest BCUT2D eigenvalue weighted by atomic mass is 9.54. The Labute approximate surface area is 111 Å². The molecular weight excluding hydrogens is 224 g/mol. The van der Waals surface area contributed by atoms with E-state index in [1.54, 1.807) is 0 Å². The van der Waals surface area contributed by atoms with Crippen LogP contribution in [-0.4, -0.2) is 11.6 Å². The van der Waals surface area contributed by atoms with Crippen molar-refractivity contribution in [1.29, 1.82) is 0 Å². The molecule has 0 amide bonds. The smallest absolute Gasteiger partial charge is 0.303 e. The zero-order valence-corrected chi connectivity index (χ0v) is 12.6. The summed E-state index contributed by atoms with van der Waals surface area (Å²) in [5.41, 5.74) is 0.159. The van der Waals surface area contributed by atoms with Crippen molar-refractivity contribution in [3.05, 3.63) is 0 Å². The van der Waals surface area contributed by atoms with Crippen molar-refractivity contribution in [3.63, 3.8) is 0 Å². The van der Waals surface area contributed by atoms with Gasteiger partial charge < -0.3 is 4.74 Å². The van der Waals surface area contributed by atoms with E-state index < -0.39 is 0 Å². The van der Waals surface area contributed by atoms with Gasteiger partial charge in [-0.1, -0.05) is 33.6 Å². The minimum atomic E-state index is -0.248. The predicted octanol–water partition coefficient (Wildman–Crippen LogP) is 4.18. The molecule has 0 aliphatic heterocycles. The average Bonchev–Trinajstić information content (AvgIpc) is 2.20. The number of esters is 1. The Kier molecular flexibility index (Phi) is 3.50. The summed E-state index contributed by atoms with van der Waals surface area (Å²) in [6.07, 6.45) is 6.32. The number of hydrogen-bond donors (Lipinski definition) is 0. The third-order valence-corrected chi connectivity index (χ3v) is 5.67. The molecule has 18 heavy (non-hydrogen) atoms. The van der Waals surface area contributed by atoms with Crippen LogP contribution in [0.5, 0.6) is 0 Å². The van der Waals surface area contributed by atoms with Crippen molar-refractivity contribution in [2.24, 2.45) is 23.2 Å². The highest BCUT2D eigenvalue weighted by molar-refractivity contribution is 5.66. The molecule has 0 heterocycles. The molecule has 104 valence electrons. The van der Waals surface area contributed by atoms with E-state index >= 15 is 0 Å². The van der Waals surface area contributed by atoms with Gasteiger partial charge in [-0.15, -0.1) is 0 Å². The molecule has 2 nitrogen and oxygen atoms in total. The molecule has 0 aromatic heterocycles. The lowest BCUT2D eigenvalue weighted by Crippen LogP contribution is -2.51. The summed E-state index contributed by atoms with van der Waals surface area (Å²) in [5.74, 6) is 1.91. The molecule has 0 aromatic rings. The lowest BCUT2D eigenvalue weighted by Gasteiger charge is -2.54. The Hall–Kier alpha value is -0.530. The van der Waals surface area contributed by atoms with Crippen LogP contribution in [-0.2, 0) is 9.53 Å². The van der Waals surface area contributed by atoms with Crippen molar-refractivity contribution in [3.8, 4) is 0 Å². The Morgan fingerprint density at radius 2 is 1.94 bits per heavy atom. The van der Waals surface area contributed by atoms with E-state index in [1.807, 2.05) is 0 Å². The van der Waals surface area contributed by atoms with Gasteiger partial charge in [0.25, 0.3) is 0 Å². The number of hydrogen-bond acceptors (Lipinski definition) is 2. The van der Waals surface area contributed by atoms with Gasteiger partial charge in [0, 0.05) is 6.92 Å². The maximum atomic E-state index is 11.4. The highest BCUT2D eigenvalue weighted by Gasteiger charge is 2.50. The zero-order chi connectivity index (χ0) is 13.6. The molecule has 0 radical (unpaired) electrons. The average molecular weight is 252 g/mol. The van der Waals surface area contributed by atoms with E-state index in [-0.39, 0.29) is 11.6 Å². The molecule has 0 N–H and O–H groups in total. The number of carbonyl (C=O) groups excluding carboxylic acids is 1. The van der Waals surface area contributed by atoms with Crippen LogP contribution in [0.15, 0.2) is 0 Å². The summed E-state index contributed by atoms with van der Waals surface area (Å²) >= 11 is 0. The first-order valence-corrected chi connectivity index (χ1v) is 7.44. The van der Waals surface area contributed by atoms with Gasteiger partial charge in [0.05, 0.1) is 0 Å². The first kappa shape index (κ1) is 13.9. The molecule has 2 aliphatic carbocycles. The fourth-order valence-corrected chi connectivity index (χ4v) is 4.38. The summed E-state index contributed by atoms with van der Waals surface area (Å²) < 4.78 is 5.69. The van der Waals surface area contributed by atoms with Crippen LogP contribution in [0, 0.1) is 23.2 Å². The van der Waals surface area contributed by atoms with E-state index in [9.17, 15) is 4.79 Å². The summed E-state index contributed by atoms with van der Waals surface area (Å²) in [6.45, 7) is 10.7. The fraction of sp³-hybridized carbons (Fsp3) is 0.938. The highest BCUT2D eigenvalue weighted by Crippen LogP contribution is 2.55. The maximum Gasteiger partial charge on any atom is 0.303 e. The lowest BCUT2D eigenvalue weighted by molar-refractivity contribution is -0.175. The van der Waals surface area contributed by atoms with Crippen LogP contribution in [0.1, 0.15) is 66.7 Å². The van der Waals surface area contributed by atoms with Gasteiger partial charge in [0.15, 0.2) is 0 Å². The summed E-state index contributed by atoms with van der Waals surface area (Å²) in [7, 11) is 0. The van der Waals surface area contributed by atoms with Gasteiger partial charge in [-0.25, -0.2) is 0 Å². The fourth-order valence-electron chi connectivity index (χ4n) is 4.38. The molecule has 4 unspecified atom stereocenters. The standard InChI is InChI=1S/C16H28O2/c1-11-9-13-7-6-8-15(3,4)14(13)10-16(11,5)18-12(2)17/h11,13-14H,6-10H2,1-5H3. The number of ether oxygens (including phenoxy) is 1. The van der Waals surface area contributed by atoms with Crippen LogP contribution in [0.4, 0.5) is 0 Å². The van der Waals surface area contributed by atoms with Crippen molar-refractivity contribution in [1.82, 2.24) is 0 Å². The molecule has 0 spiro atoms. The van der Waals surface area contributed by atoms with Crippen LogP contribution < -0.4 is 0 Å². The molecule has 0 saturated heterocycles. The molecular formula is C16H28O2. The van der Waals surface area contributed by atoms with Gasteiger partial charge in [-0.05, 0) is 49.4 Å². The van der Waals surface area contributed by atoms with Gasteiger partial charge in [-0.3, -0.25) is 4.79 Å². The molecule has 4 atom stereocenters. The van der Waals surface area contributed by atoms with Crippen LogP contribution >= 0.6 is 0 Å². The Morgan fingerprint density at radius 3 is 2.56 bits per heavy atom. The topological polar surface area (TPSA) is 26.3 Å². The SMILES string of the molecule is CC(=O)OC1(C)CC2C(CCCC2(C)C)CC1C. The van der Waals surface area contributed by atoms with E-state index in [0.717, 1.165) is 12.3 Å². The Balaban J connectivity index is 2.20. The second-order valence-electron chi connectivity index (χ2n) is 7.49. The van der Waals surface area contributed by atoms with Gasteiger partial charge in [-0.2, -0.15) is 0 Å². The summed E-state index contributed by atoms with van der Waals surface area (Å²) in [4.78, 5) is 11.4. The molecule has 2 heteroatoms. The number of rotatable bonds is 1. The van der Waals surface area contributed by atoms with Crippen molar-refractivity contribution >= 4 is 5.97 Å². The molecule has 2 saturated carbocycles. The van der Waals surface area contributed by atoms with Crippen molar-refractivity contribution < 1.29 is 9.53 Å². The molecule has 2 aliphatic rings. The quantitative estimate of drug-likeness (QED) is 0.654. The molecule has 0 aromatic carbocycles. The van der Waals surface area contributed by atoms with Crippen LogP contribution in [0.3, 0.4) is 0 Å². The zero-order valence-electron chi connectivity index (χ0n) is 12.6. The Bertz CT molecular complexity index is 334. The second-order valence-corrected chi connectivity index (χ2v) is 7.49. The monoisotopic (exact) mass is 252 g/mol. The normalized spacial score (nSPS) is 43.1. The number of carbonyl (C=O) groups is 1. The van der Waals surface area contributed by atoms with Crippen LogP contribution in [0.25, 0.3) is 0 Å². The van der Waals surface area contributed by atoms with Crippen molar-refractivity contribution in [2.45, 2.75) is 72.3 Å². The van der Waals surface area contributed by atoms with E-state index in [1.165, 1.54) is 32.6 Å². The highest BCUT2D eigenvalue weighted by atomic mass is 16.6. The summed E-state index contributed by atoms with van der Waals surface area (Å²) in [5, 5.41) is 0. The summed E-state index contributed by atoms with van der Waals surface area (Å²) in [6, 6.07) is 0. The molecule has 2 rings (SSSR count). The van der Waals surface area contributed by atoms with Crippen molar-refractivity contribution in [2.75, 3.05) is 0 Å². The number of fused-ring (bicyclic) bond motifs is 1. The van der Waals surface area contributed by atoms with E-state index in [2.05, 4.69) is 27.7 Å². The van der Waals surface area contributed by atoms with Crippen LogP contribution in [0.2, 0.25) is 0 Å². The second kappa shape index (κ2) is 4.54. The van der Waals surface area contributed by atoms with Gasteiger partial charge in [0.2, 0.25) is 0 Å². The third-order valence-electron chi connectivity index (χ3n) is 5.67. The van der Waals surface area contributed by atoms with Gasteiger partial charge >= 0.3 is 5.97 Å². The Morgan fingerprint density at radius 1 is 1.28 bits per heavy atom.